The molecule has 3 aromatic rings. The molecule has 152 valence electrons. The summed E-state index contributed by atoms with van der Waals surface area (Å²) in [4.78, 5) is 4.34. The van der Waals surface area contributed by atoms with Crippen molar-refractivity contribution in [2.24, 2.45) is 5.10 Å². The van der Waals surface area contributed by atoms with Crippen LogP contribution in [0.3, 0.4) is 0 Å². The summed E-state index contributed by atoms with van der Waals surface area (Å²) >= 11 is 8.30. The molecule has 0 aliphatic carbocycles. The van der Waals surface area contributed by atoms with Crippen LogP contribution in [-0.2, 0) is 6.42 Å². The summed E-state index contributed by atoms with van der Waals surface area (Å²) in [5.74, 6) is 0. The van der Waals surface area contributed by atoms with Crippen molar-refractivity contribution in [1.29, 1.82) is 0 Å². The molecule has 30 heavy (non-hydrogen) atoms. The Bertz CT molecular complexity index is 1050. The molecule has 0 spiro atoms. The van der Waals surface area contributed by atoms with E-state index < -0.39 is 0 Å². The van der Waals surface area contributed by atoms with Gasteiger partial charge in [-0.1, -0.05) is 71.9 Å². The van der Waals surface area contributed by atoms with Gasteiger partial charge in [0.25, 0.3) is 0 Å². The number of fused-ring (bicyclic) bond motifs is 2. The first-order valence-electron chi connectivity index (χ1n) is 10.5. The summed E-state index contributed by atoms with van der Waals surface area (Å²) in [5.41, 5.74) is 3.98. The highest BCUT2D eigenvalue weighted by molar-refractivity contribution is 7.99. The van der Waals surface area contributed by atoms with Crippen molar-refractivity contribution in [2.75, 3.05) is 26.2 Å². The van der Waals surface area contributed by atoms with Gasteiger partial charge in [-0.3, -0.25) is 5.01 Å². The average molecular weight is 435 g/mol. The van der Waals surface area contributed by atoms with Crippen molar-refractivity contribution in [3.05, 3.63) is 94.5 Å². The normalized spacial score (nSPS) is 19.4. The zero-order valence-corrected chi connectivity index (χ0v) is 18.4. The summed E-state index contributed by atoms with van der Waals surface area (Å²) in [7, 11) is 0. The lowest BCUT2D eigenvalue weighted by molar-refractivity contribution is -0.936. The molecule has 2 heterocycles. The van der Waals surface area contributed by atoms with Gasteiger partial charge < -0.3 is 4.90 Å². The topological polar surface area (TPSA) is 20.0 Å². The minimum atomic E-state index is 0.426. The van der Waals surface area contributed by atoms with E-state index in [1.165, 1.54) is 20.9 Å². The van der Waals surface area contributed by atoms with E-state index in [0.29, 0.717) is 6.04 Å². The molecule has 0 unspecified atom stereocenters. The third kappa shape index (κ3) is 4.27. The van der Waals surface area contributed by atoms with Crippen LogP contribution in [0, 0.1) is 0 Å². The maximum Gasteiger partial charge on any atom is 0.118 e. The number of hydrogen-bond donors (Lipinski definition) is 1. The second kappa shape index (κ2) is 8.84. The van der Waals surface area contributed by atoms with E-state index in [2.05, 4.69) is 53.5 Å². The van der Waals surface area contributed by atoms with Crippen molar-refractivity contribution < 1.29 is 4.90 Å². The van der Waals surface area contributed by atoms with Crippen LogP contribution in [0.1, 0.15) is 22.7 Å². The third-order valence-corrected chi connectivity index (χ3v) is 7.45. The fourth-order valence-electron chi connectivity index (χ4n) is 4.40. The van der Waals surface area contributed by atoms with Crippen molar-refractivity contribution in [1.82, 2.24) is 5.01 Å². The molecule has 1 N–H and O–H groups in total. The van der Waals surface area contributed by atoms with Crippen LogP contribution < -0.4 is 4.90 Å². The second-order valence-electron chi connectivity index (χ2n) is 7.92. The van der Waals surface area contributed by atoms with Crippen molar-refractivity contribution >= 4 is 29.6 Å². The Labute approximate surface area is 187 Å². The van der Waals surface area contributed by atoms with Crippen molar-refractivity contribution in [3.63, 3.8) is 0 Å². The molecular formula is C25H25ClN3S+. The lowest BCUT2D eigenvalue weighted by atomic mass is 9.97. The van der Waals surface area contributed by atoms with Crippen LogP contribution in [-0.4, -0.2) is 37.4 Å². The molecule has 1 saturated heterocycles. The maximum absolute atomic E-state index is 6.42. The van der Waals surface area contributed by atoms with Crippen LogP contribution >= 0.6 is 23.4 Å². The Morgan fingerprint density at radius 3 is 2.53 bits per heavy atom. The molecule has 2 aliphatic rings. The molecule has 1 atom stereocenters. The van der Waals surface area contributed by atoms with Gasteiger partial charge in [-0.2, -0.15) is 5.10 Å². The van der Waals surface area contributed by atoms with Gasteiger partial charge in [0.05, 0.1) is 32.4 Å². The van der Waals surface area contributed by atoms with E-state index in [0.717, 1.165) is 43.2 Å². The highest BCUT2D eigenvalue weighted by Crippen LogP contribution is 2.40. The van der Waals surface area contributed by atoms with Gasteiger partial charge in [0.2, 0.25) is 0 Å². The number of halogens is 1. The quantitative estimate of drug-likeness (QED) is 0.619. The Hall–Kier alpha value is -2.27. The fraction of sp³-hybridized carbons (Fsp3) is 0.240. The van der Waals surface area contributed by atoms with Gasteiger partial charge in [0.1, 0.15) is 6.04 Å². The molecule has 0 saturated carbocycles. The number of piperazine rings is 1. The van der Waals surface area contributed by atoms with E-state index in [-0.39, 0.29) is 0 Å². The van der Waals surface area contributed by atoms with E-state index >= 15 is 0 Å². The zero-order chi connectivity index (χ0) is 20.3. The first kappa shape index (κ1) is 19.7. The summed E-state index contributed by atoms with van der Waals surface area (Å²) in [6.45, 7) is 4.10. The third-order valence-electron chi connectivity index (χ3n) is 6.01. The van der Waals surface area contributed by atoms with E-state index in [4.69, 9.17) is 16.7 Å². The molecular weight excluding hydrogens is 410 g/mol. The highest BCUT2D eigenvalue weighted by atomic mass is 35.5. The lowest BCUT2D eigenvalue weighted by Crippen LogP contribution is -3.15. The number of benzene rings is 3. The first-order valence-corrected chi connectivity index (χ1v) is 11.7. The van der Waals surface area contributed by atoms with Crippen LogP contribution in [0.25, 0.3) is 0 Å². The standard InChI is InChI=1S/C25H24ClN3S/c26-21-10-11-25-22(17-21)23(16-20-8-4-5-9-24(20)30-25)28-12-14-29(15-13-28)27-18-19-6-2-1-3-7-19/h1-11,17-18,23H,12-16H2/p+1/b27-18-/t23-/m1/s1. The lowest BCUT2D eigenvalue weighted by Gasteiger charge is -2.35. The molecule has 0 aromatic heterocycles. The van der Waals surface area contributed by atoms with E-state index in [9.17, 15) is 0 Å². The van der Waals surface area contributed by atoms with Crippen molar-refractivity contribution in [3.8, 4) is 0 Å². The number of hydrazone groups is 1. The first-order chi connectivity index (χ1) is 14.8. The van der Waals surface area contributed by atoms with Crippen LogP contribution in [0.15, 0.2) is 87.7 Å². The molecule has 3 nitrogen and oxygen atoms in total. The Morgan fingerprint density at radius 1 is 0.933 bits per heavy atom. The van der Waals surface area contributed by atoms with Gasteiger partial charge in [-0.05, 0) is 35.4 Å². The molecule has 0 amide bonds. The molecule has 1 fully saturated rings. The highest BCUT2D eigenvalue weighted by Gasteiger charge is 2.33. The van der Waals surface area contributed by atoms with Gasteiger partial charge in [0, 0.05) is 26.8 Å². The Balaban J connectivity index is 1.35. The molecule has 2 aliphatic heterocycles. The number of quaternary nitrogens is 1. The van der Waals surface area contributed by atoms with E-state index in [1.807, 2.05) is 42.2 Å². The summed E-state index contributed by atoms with van der Waals surface area (Å²) in [6.07, 6.45) is 3.03. The zero-order valence-electron chi connectivity index (χ0n) is 16.8. The maximum atomic E-state index is 6.42. The van der Waals surface area contributed by atoms with Crippen LogP contribution in [0.4, 0.5) is 0 Å². The molecule has 0 radical (unpaired) electrons. The second-order valence-corrected chi connectivity index (χ2v) is 9.44. The SMILES string of the molecule is Clc1ccc2c(c1)[C@H]([NH+]1CCN(/N=C\c3ccccc3)CC1)Cc1ccccc1S2. The van der Waals surface area contributed by atoms with Crippen LogP contribution in [0.5, 0.6) is 0 Å². The van der Waals surface area contributed by atoms with Gasteiger partial charge in [0.15, 0.2) is 0 Å². The predicted octanol–water partition coefficient (Wildman–Crippen LogP) is 4.32. The fourth-order valence-corrected chi connectivity index (χ4v) is 5.70. The number of rotatable bonds is 3. The monoisotopic (exact) mass is 434 g/mol. The van der Waals surface area contributed by atoms with E-state index in [1.54, 1.807) is 4.90 Å². The number of nitrogens with one attached hydrogen (secondary N) is 1. The van der Waals surface area contributed by atoms with Crippen LogP contribution in [0.2, 0.25) is 5.02 Å². The molecule has 0 bridgehead atoms. The summed E-state index contributed by atoms with van der Waals surface area (Å²) in [5, 5.41) is 7.75. The number of hydrogen-bond acceptors (Lipinski definition) is 3. The summed E-state index contributed by atoms with van der Waals surface area (Å²) < 4.78 is 0. The smallest absolute Gasteiger partial charge is 0.118 e. The number of nitrogens with zero attached hydrogens (tertiary/aromatic N) is 2. The average Bonchev–Trinajstić information content (AvgIpc) is 2.95. The predicted molar refractivity (Wildman–Crippen MR) is 125 cm³/mol. The Kier molecular flexibility index (Phi) is 5.80. The minimum Gasteiger partial charge on any atom is -0.325 e. The molecule has 5 rings (SSSR count). The summed E-state index contributed by atoms with van der Waals surface area (Å²) in [6, 6.07) is 26.0. The van der Waals surface area contributed by atoms with Crippen molar-refractivity contribution in [2.45, 2.75) is 22.3 Å². The van der Waals surface area contributed by atoms with Gasteiger partial charge >= 0.3 is 0 Å². The Morgan fingerprint density at radius 2 is 1.70 bits per heavy atom. The minimum absolute atomic E-state index is 0.426. The van der Waals surface area contributed by atoms with Gasteiger partial charge in [-0.15, -0.1) is 0 Å². The molecule has 5 heteroatoms. The largest absolute Gasteiger partial charge is 0.325 e. The molecule has 3 aromatic carbocycles. The van der Waals surface area contributed by atoms with Gasteiger partial charge in [-0.25, -0.2) is 0 Å².